The number of ether oxygens (including phenoxy) is 1. The Kier molecular flexibility index (Phi) is 3.58. The fraction of sp³-hybridized carbons (Fsp3) is 0.500. The van der Waals surface area contributed by atoms with E-state index in [4.69, 9.17) is 10.5 Å². The maximum atomic E-state index is 13.5. The van der Waals surface area contributed by atoms with E-state index in [1.54, 1.807) is 6.07 Å². The Hall–Kier alpha value is -0.810. The highest BCUT2D eigenvalue weighted by Gasteiger charge is 2.29. The highest BCUT2D eigenvalue weighted by Crippen LogP contribution is 2.32. The van der Waals surface area contributed by atoms with Crippen molar-refractivity contribution < 1.29 is 9.13 Å². The largest absolute Gasteiger partial charge is 0.397 e. The summed E-state index contributed by atoms with van der Waals surface area (Å²) in [7, 11) is 1.93. The second-order valence-electron chi connectivity index (χ2n) is 4.37. The number of benzene rings is 1. The fourth-order valence-corrected chi connectivity index (χ4v) is 2.63. The van der Waals surface area contributed by atoms with Crippen molar-refractivity contribution in [2.45, 2.75) is 25.5 Å². The minimum atomic E-state index is -0.299. The lowest BCUT2D eigenvalue weighted by atomic mass is 10.1. The molecule has 1 saturated heterocycles. The molecule has 17 heavy (non-hydrogen) atoms. The second kappa shape index (κ2) is 4.82. The molecule has 2 atom stereocenters. The molecule has 1 aromatic carbocycles. The van der Waals surface area contributed by atoms with Crippen molar-refractivity contribution in [2.24, 2.45) is 0 Å². The van der Waals surface area contributed by atoms with Crippen molar-refractivity contribution in [2.75, 3.05) is 24.3 Å². The zero-order valence-corrected chi connectivity index (χ0v) is 11.5. The molecule has 0 bridgehead atoms. The summed E-state index contributed by atoms with van der Waals surface area (Å²) < 4.78 is 19.5. The summed E-state index contributed by atoms with van der Waals surface area (Å²) in [4.78, 5) is 2.00. The smallest absolute Gasteiger partial charge is 0.139 e. The van der Waals surface area contributed by atoms with E-state index in [-0.39, 0.29) is 18.0 Å². The Morgan fingerprint density at radius 2 is 2.24 bits per heavy atom. The molecular formula is C12H16BrFN2O. The molecule has 3 nitrogen and oxygen atoms in total. The number of nitrogens with two attached hydrogens (primary N) is 1. The normalized spacial score (nSPS) is 24.0. The Morgan fingerprint density at radius 1 is 1.53 bits per heavy atom. The quantitative estimate of drug-likeness (QED) is 0.854. The number of hydrogen-bond acceptors (Lipinski definition) is 3. The van der Waals surface area contributed by atoms with E-state index in [1.165, 1.54) is 6.07 Å². The molecule has 0 saturated carbocycles. The van der Waals surface area contributed by atoms with Gasteiger partial charge in [-0.25, -0.2) is 4.39 Å². The molecule has 2 rings (SSSR count). The van der Waals surface area contributed by atoms with Crippen LogP contribution < -0.4 is 10.6 Å². The molecule has 1 aromatic rings. The third kappa shape index (κ3) is 2.40. The molecule has 0 radical (unpaired) electrons. The van der Waals surface area contributed by atoms with Crippen molar-refractivity contribution >= 4 is 27.3 Å². The summed E-state index contributed by atoms with van der Waals surface area (Å²) in [5.41, 5.74) is 7.21. The first-order valence-electron chi connectivity index (χ1n) is 5.59. The molecule has 0 spiro atoms. The molecule has 0 aromatic heterocycles. The van der Waals surface area contributed by atoms with E-state index in [9.17, 15) is 4.39 Å². The summed E-state index contributed by atoms with van der Waals surface area (Å²) in [5.74, 6) is -0.299. The number of likely N-dealkylation sites (N-methyl/N-ethyl adjacent to an activating group) is 1. The predicted octanol–water partition coefficient (Wildman–Crippen LogP) is 2.78. The zero-order chi connectivity index (χ0) is 12.6. The molecule has 1 heterocycles. The number of rotatable bonds is 2. The summed E-state index contributed by atoms with van der Waals surface area (Å²) >= 11 is 3.13. The monoisotopic (exact) mass is 302 g/mol. The van der Waals surface area contributed by atoms with Gasteiger partial charge >= 0.3 is 0 Å². The zero-order valence-electron chi connectivity index (χ0n) is 9.91. The Bertz CT molecular complexity index is 427. The predicted molar refractivity (Wildman–Crippen MR) is 70.7 cm³/mol. The molecule has 1 aliphatic heterocycles. The van der Waals surface area contributed by atoms with E-state index < -0.39 is 0 Å². The fourth-order valence-electron chi connectivity index (χ4n) is 2.26. The van der Waals surface area contributed by atoms with Gasteiger partial charge in [-0.3, -0.25) is 0 Å². The molecular weight excluding hydrogens is 287 g/mol. The standard InChI is InChI=1S/C12H16BrFN2O/c1-7-11(3-4-17-7)16(2)12-6-9(14)8(13)5-10(12)15/h5-7,11H,3-4,15H2,1-2H3. The first-order valence-corrected chi connectivity index (χ1v) is 6.39. The first-order chi connectivity index (χ1) is 8.00. The maximum absolute atomic E-state index is 13.5. The molecule has 5 heteroatoms. The van der Waals surface area contributed by atoms with Crippen molar-refractivity contribution in [3.8, 4) is 0 Å². The minimum absolute atomic E-state index is 0.145. The first kappa shape index (κ1) is 12.6. The maximum Gasteiger partial charge on any atom is 0.139 e. The van der Waals surface area contributed by atoms with Crippen LogP contribution in [-0.2, 0) is 4.74 Å². The van der Waals surface area contributed by atoms with Gasteiger partial charge in [-0.1, -0.05) is 0 Å². The van der Waals surface area contributed by atoms with Gasteiger partial charge < -0.3 is 15.4 Å². The number of nitrogens with zero attached hydrogens (tertiary/aromatic N) is 1. The van der Waals surface area contributed by atoms with Gasteiger partial charge in [0.15, 0.2) is 0 Å². The van der Waals surface area contributed by atoms with Gasteiger partial charge in [0.1, 0.15) is 5.82 Å². The Labute approximate surface area is 109 Å². The van der Waals surface area contributed by atoms with E-state index in [0.717, 1.165) is 13.0 Å². The summed E-state index contributed by atoms with van der Waals surface area (Å²) in [5, 5.41) is 0. The third-order valence-corrected chi connectivity index (χ3v) is 3.89. The van der Waals surface area contributed by atoms with Gasteiger partial charge in [0.2, 0.25) is 0 Å². The molecule has 0 aliphatic carbocycles. The Morgan fingerprint density at radius 3 is 2.82 bits per heavy atom. The molecule has 1 aliphatic rings. The average molecular weight is 303 g/mol. The van der Waals surface area contributed by atoms with Crippen LogP contribution >= 0.6 is 15.9 Å². The van der Waals surface area contributed by atoms with E-state index >= 15 is 0 Å². The van der Waals surface area contributed by atoms with Gasteiger partial charge in [0.05, 0.1) is 28.0 Å². The van der Waals surface area contributed by atoms with Gasteiger partial charge in [0, 0.05) is 19.7 Å². The average Bonchev–Trinajstić information content (AvgIpc) is 2.69. The molecule has 1 fully saturated rings. The number of anilines is 2. The Balaban J connectivity index is 2.30. The third-order valence-electron chi connectivity index (χ3n) is 3.28. The van der Waals surface area contributed by atoms with Crippen LogP contribution in [0.15, 0.2) is 16.6 Å². The lowest BCUT2D eigenvalue weighted by molar-refractivity contribution is 0.118. The van der Waals surface area contributed by atoms with Crippen molar-refractivity contribution in [1.29, 1.82) is 0 Å². The second-order valence-corrected chi connectivity index (χ2v) is 5.22. The highest BCUT2D eigenvalue weighted by atomic mass is 79.9. The van der Waals surface area contributed by atoms with Gasteiger partial charge in [0.25, 0.3) is 0 Å². The van der Waals surface area contributed by atoms with Crippen molar-refractivity contribution in [3.05, 3.63) is 22.4 Å². The van der Waals surface area contributed by atoms with Crippen molar-refractivity contribution in [1.82, 2.24) is 0 Å². The number of halogens is 2. The molecule has 2 N–H and O–H groups in total. The van der Waals surface area contributed by atoms with Crippen LogP contribution in [0.1, 0.15) is 13.3 Å². The lowest BCUT2D eigenvalue weighted by Gasteiger charge is -2.30. The van der Waals surface area contributed by atoms with E-state index in [1.807, 2.05) is 18.9 Å². The molecule has 2 unspecified atom stereocenters. The van der Waals surface area contributed by atoms with Crippen LogP contribution in [-0.4, -0.2) is 25.8 Å². The molecule has 94 valence electrons. The lowest BCUT2D eigenvalue weighted by Crippen LogP contribution is -2.37. The minimum Gasteiger partial charge on any atom is -0.397 e. The highest BCUT2D eigenvalue weighted by molar-refractivity contribution is 9.10. The van der Waals surface area contributed by atoms with Gasteiger partial charge in [-0.2, -0.15) is 0 Å². The van der Waals surface area contributed by atoms with E-state index in [2.05, 4.69) is 15.9 Å². The SMILES string of the molecule is CC1OCCC1N(C)c1cc(F)c(Br)cc1N. The van der Waals surface area contributed by atoms with Gasteiger partial charge in [-0.15, -0.1) is 0 Å². The summed E-state index contributed by atoms with van der Waals surface area (Å²) in [6.45, 7) is 2.77. The van der Waals surface area contributed by atoms with Crippen LogP contribution in [0.2, 0.25) is 0 Å². The van der Waals surface area contributed by atoms with Crippen LogP contribution in [0.4, 0.5) is 15.8 Å². The topological polar surface area (TPSA) is 38.5 Å². The van der Waals surface area contributed by atoms with Gasteiger partial charge in [-0.05, 0) is 35.3 Å². The summed E-state index contributed by atoms with van der Waals surface area (Å²) in [6, 6.07) is 3.31. The van der Waals surface area contributed by atoms with Crippen LogP contribution in [0.5, 0.6) is 0 Å². The van der Waals surface area contributed by atoms with Crippen LogP contribution in [0, 0.1) is 5.82 Å². The summed E-state index contributed by atoms with van der Waals surface area (Å²) in [6.07, 6.45) is 1.08. The van der Waals surface area contributed by atoms with Crippen LogP contribution in [0.25, 0.3) is 0 Å². The number of hydrogen-bond donors (Lipinski definition) is 1. The van der Waals surface area contributed by atoms with Crippen molar-refractivity contribution in [3.63, 3.8) is 0 Å². The molecule has 0 amide bonds. The number of nitrogen functional groups attached to an aromatic ring is 1. The van der Waals surface area contributed by atoms with Crippen LogP contribution in [0.3, 0.4) is 0 Å². The van der Waals surface area contributed by atoms with E-state index in [0.29, 0.717) is 15.8 Å².